The second kappa shape index (κ2) is 5.92. The van der Waals surface area contributed by atoms with Gasteiger partial charge < -0.3 is 9.84 Å². The molecule has 0 saturated carbocycles. The number of nitrogens with zero attached hydrogens (tertiary/aromatic N) is 1. The molecule has 14 heavy (non-hydrogen) atoms. The Hall–Kier alpha value is -1.63. The summed E-state index contributed by atoms with van der Waals surface area (Å²) < 4.78 is 4.18. The van der Waals surface area contributed by atoms with Crippen LogP contribution in [-0.2, 0) is 14.3 Å². The van der Waals surface area contributed by atoms with E-state index in [4.69, 9.17) is 5.11 Å². The van der Waals surface area contributed by atoms with Crippen molar-refractivity contribution < 1.29 is 24.2 Å². The first-order chi connectivity index (χ1) is 6.45. The fourth-order valence-electron chi connectivity index (χ4n) is 0.736. The van der Waals surface area contributed by atoms with Crippen LogP contribution in [0.4, 0.5) is 4.79 Å². The lowest BCUT2D eigenvalue weighted by molar-refractivity contribution is -0.138. The van der Waals surface area contributed by atoms with Crippen LogP contribution in [0.3, 0.4) is 0 Å². The second-order valence-electron chi connectivity index (χ2n) is 2.61. The molecule has 7 nitrogen and oxygen atoms in total. The highest BCUT2D eigenvalue weighted by molar-refractivity contribution is 5.92. The number of rotatable bonds is 4. The standard InChI is InChI=1S/C7H12N2O5/c1-9(4-6(11)12)3-5(10)8-7(13)14-2/h3-4H2,1-2H3,(H,11,12)(H,8,10,13). The number of carbonyl (C=O) groups is 3. The number of likely N-dealkylation sites (N-methyl/N-ethyl adjacent to an activating group) is 1. The highest BCUT2D eigenvalue weighted by Crippen LogP contribution is 1.82. The summed E-state index contributed by atoms with van der Waals surface area (Å²) in [6, 6.07) is 0. The Balaban J connectivity index is 3.82. The summed E-state index contributed by atoms with van der Waals surface area (Å²) >= 11 is 0. The number of carboxylic acids is 1. The molecule has 0 aliphatic rings. The highest BCUT2D eigenvalue weighted by atomic mass is 16.5. The van der Waals surface area contributed by atoms with Gasteiger partial charge in [0.1, 0.15) is 0 Å². The molecule has 0 radical (unpaired) electrons. The van der Waals surface area contributed by atoms with E-state index in [1.807, 2.05) is 5.32 Å². The summed E-state index contributed by atoms with van der Waals surface area (Å²) in [7, 11) is 2.58. The van der Waals surface area contributed by atoms with E-state index in [0.717, 1.165) is 7.11 Å². The summed E-state index contributed by atoms with van der Waals surface area (Å²) in [5.41, 5.74) is 0. The molecule has 80 valence electrons. The minimum atomic E-state index is -1.04. The van der Waals surface area contributed by atoms with Crippen molar-refractivity contribution in [3.8, 4) is 0 Å². The topological polar surface area (TPSA) is 95.9 Å². The van der Waals surface area contributed by atoms with E-state index in [0.29, 0.717) is 0 Å². The van der Waals surface area contributed by atoms with Gasteiger partial charge in [-0.1, -0.05) is 0 Å². The van der Waals surface area contributed by atoms with E-state index in [1.54, 1.807) is 0 Å². The first kappa shape index (κ1) is 12.4. The molecule has 2 N–H and O–H groups in total. The van der Waals surface area contributed by atoms with E-state index in [2.05, 4.69) is 4.74 Å². The van der Waals surface area contributed by atoms with Crippen molar-refractivity contribution in [3.63, 3.8) is 0 Å². The Morgan fingerprint density at radius 3 is 2.36 bits per heavy atom. The first-order valence-corrected chi connectivity index (χ1v) is 3.74. The molecule has 0 spiro atoms. The third-order valence-electron chi connectivity index (χ3n) is 1.25. The molecule has 0 rings (SSSR count). The van der Waals surface area contributed by atoms with Gasteiger partial charge in [0.05, 0.1) is 20.2 Å². The van der Waals surface area contributed by atoms with Crippen LogP contribution >= 0.6 is 0 Å². The third kappa shape index (κ3) is 5.95. The molecule has 0 saturated heterocycles. The van der Waals surface area contributed by atoms with Crippen LogP contribution in [0.15, 0.2) is 0 Å². The molecule has 0 bridgehead atoms. The molecule has 2 amide bonds. The number of aliphatic carboxylic acids is 1. The van der Waals surface area contributed by atoms with Crippen LogP contribution in [0.2, 0.25) is 0 Å². The van der Waals surface area contributed by atoms with Gasteiger partial charge in [0.2, 0.25) is 5.91 Å². The number of carboxylic acid groups (broad SMARTS) is 1. The minimum absolute atomic E-state index is 0.179. The summed E-state index contributed by atoms with van der Waals surface area (Å²) in [4.78, 5) is 32.9. The quantitative estimate of drug-likeness (QED) is 0.602. The zero-order chi connectivity index (χ0) is 11.1. The van der Waals surface area contributed by atoms with E-state index < -0.39 is 18.0 Å². The Bertz CT molecular complexity index is 240. The average molecular weight is 204 g/mol. The van der Waals surface area contributed by atoms with Crippen molar-refractivity contribution in [1.29, 1.82) is 0 Å². The van der Waals surface area contributed by atoms with Crippen molar-refractivity contribution >= 4 is 18.0 Å². The van der Waals surface area contributed by atoms with Gasteiger partial charge in [-0.3, -0.25) is 19.8 Å². The number of methoxy groups -OCH3 is 1. The number of alkyl carbamates (subject to hydrolysis) is 1. The van der Waals surface area contributed by atoms with Crippen LogP contribution in [0.1, 0.15) is 0 Å². The highest BCUT2D eigenvalue weighted by Gasteiger charge is 2.11. The number of hydrogen-bond donors (Lipinski definition) is 2. The zero-order valence-electron chi connectivity index (χ0n) is 7.94. The van der Waals surface area contributed by atoms with Crippen molar-refractivity contribution in [2.45, 2.75) is 0 Å². The molecule has 0 aliphatic heterocycles. The molecule has 0 aromatic rings. The maximum Gasteiger partial charge on any atom is 0.413 e. The summed E-state index contributed by atoms with van der Waals surface area (Å²) in [5, 5.41) is 10.3. The number of carbonyl (C=O) groups excluding carboxylic acids is 2. The molecule has 0 aromatic carbocycles. The van der Waals surface area contributed by atoms with Crippen LogP contribution < -0.4 is 5.32 Å². The van der Waals surface area contributed by atoms with Gasteiger partial charge in [0.25, 0.3) is 0 Å². The van der Waals surface area contributed by atoms with Crippen LogP contribution in [0.5, 0.6) is 0 Å². The molecule has 0 atom stereocenters. The van der Waals surface area contributed by atoms with Crippen LogP contribution in [0.25, 0.3) is 0 Å². The molecule has 0 aliphatic carbocycles. The monoisotopic (exact) mass is 204 g/mol. The molecule has 0 fully saturated rings. The number of nitrogens with one attached hydrogen (secondary N) is 1. The van der Waals surface area contributed by atoms with E-state index in [-0.39, 0.29) is 13.1 Å². The average Bonchev–Trinajstić information content (AvgIpc) is 2.01. The van der Waals surface area contributed by atoms with Gasteiger partial charge >= 0.3 is 12.1 Å². The maximum atomic E-state index is 11.0. The lowest BCUT2D eigenvalue weighted by atomic mass is 10.5. The molecule has 0 heterocycles. The molecular formula is C7H12N2O5. The van der Waals surface area contributed by atoms with Gasteiger partial charge in [-0.25, -0.2) is 4.79 Å². The van der Waals surface area contributed by atoms with Crippen molar-refractivity contribution in [2.24, 2.45) is 0 Å². The third-order valence-corrected chi connectivity index (χ3v) is 1.25. The molecule has 0 aromatic heterocycles. The van der Waals surface area contributed by atoms with E-state index in [9.17, 15) is 14.4 Å². The fraction of sp³-hybridized carbons (Fsp3) is 0.571. The lowest BCUT2D eigenvalue weighted by Crippen LogP contribution is -2.40. The summed E-state index contributed by atoms with van der Waals surface area (Å²) in [6.45, 7) is -0.448. The van der Waals surface area contributed by atoms with Gasteiger partial charge in [-0.2, -0.15) is 0 Å². The Morgan fingerprint density at radius 2 is 1.93 bits per heavy atom. The molecular weight excluding hydrogens is 192 g/mol. The normalized spacial score (nSPS) is 9.64. The van der Waals surface area contributed by atoms with Crippen LogP contribution in [-0.4, -0.2) is 55.2 Å². The van der Waals surface area contributed by atoms with Crippen LogP contribution in [0, 0.1) is 0 Å². The van der Waals surface area contributed by atoms with Crippen molar-refractivity contribution in [3.05, 3.63) is 0 Å². The summed E-state index contributed by atoms with van der Waals surface area (Å²) in [5.74, 6) is -1.65. The largest absolute Gasteiger partial charge is 0.480 e. The van der Waals surface area contributed by atoms with E-state index >= 15 is 0 Å². The Kier molecular flexibility index (Phi) is 5.23. The molecule has 0 unspecified atom stereocenters. The predicted octanol–water partition coefficient (Wildman–Crippen LogP) is -1.11. The number of hydrogen-bond acceptors (Lipinski definition) is 5. The lowest BCUT2D eigenvalue weighted by Gasteiger charge is -2.12. The van der Waals surface area contributed by atoms with Gasteiger partial charge in [-0.15, -0.1) is 0 Å². The van der Waals surface area contributed by atoms with E-state index in [1.165, 1.54) is 11.9 Å². The Labute approximate surface area is 80.6 Å². The van der Waals surface area contributed by atoms with Gasteiger partial charge in [0.15, 0.2) is 0 Å². The van der Waals surface area contributed by atoms with Gasteiger partial charge in [0, 0.05) is 0 Å². The number of ether oxygens (including phenoxy) is 1. The Morgan fingerprint density at radius 1 is 1.36 bits per heavy atom. The number of amides is 2. The maximum absolute atomic E-state index is 11.0. The smallest absolute Gasteiger partial charge is 0.413 e. The summed E-state index contributed by atoms with van der Waals surface area (Å²) in [6.07, 6.45) is -0.862. The minimum Gasteiger partial charge on any atom is -0.480 e. The van der Waals surface area contributed by atoms with Crippen molar-refractivity contribution in [1.82, 2.24) is 10.2 Å². The number of imide groups is 1. The van der Waals surface area contributed by atoms with Crippen molar-refractivity contribution in [2.75, 3.05) is 27.2 Å². The zero-order valence-corrected chi connectivity index (χ0v) is 7.94. The predicted molar refractivity (Wildman–Crippen MR) is 45.7 cm³/mol. The first-order valence-electron chi connectivity index (χ1n) is 3.74. The second-order valence-corrected chi connectivity index (χ2v) is 2.61. The SMILES string of the molecule is COC(=O)NC(=O)CN(C)CC(=O)O. The fourth-order valence-corrected chi connectivity index (χ4v) is 0.736. The molecule has 7 heteroatoms. The van der Waals surface area contributed by atoms with Gasteiger partial charge in [-0.05, 0) is 7.05 Å².